The van der Waals surface area contributed by atoms with E-state index in [0.717, 1.165) is 12.5 Å². The van der Waals surface area contributed by atoms with Crippen LogP contribution in [0.5, 0.6) is 0 Å². The number of hydrogen-bond acceptors (Lipinski definition) is 3. The summed E-state index contributed by atoms with van der Waals surface area (Å²) in [7, 11) is 1.73. The van der Waals surface area contributed by atoms with Crippen molar-refractivity contribution >= 4 is 0 Å². The molecule has 0 bridgehead atoms. The Morgan fingerprint density at radius 1 is 1.43 bits per heavy atom. The van der Waals surface area contributed by atoms with Gasteiger partial charge in [-0.25, -0.2) is 0 Å². The van der Waals surface area contributed by atoms with Crippen molar-refractivity contribution in [1.29, 1.82) is 0 Å². The van der Waals surface area contributed by atoms with E-state index in [0.29, 0.717) is 18.5 Å². The first-order chi connectivity index (χ1) is 6.65. The number of ether oxygens (including phenoxy) is 1. The monoisotopic (exact) mass is 201 g/mol. The Balaban J connectivity index is 2.18. The molecule has 0 saturated heterocycles. The fourth-order valence-electron chi connectivity index (χ4n) is 1.55. The molecule has 0 heterocycles. The van der Waals surface area contributed by atoms with Crippen LogP contribution in [0.1, 0.15) is 26.7 Å². The SMILES string of the molecule is COCC(NCC(O)C(C)C)C1CC1. The molecule has 1 saturated carbocycles. The van der Waals surface area contributed by atoms with Crippen LogP contribution < -0.4 is 5.32 Å². The van der Waals surface area contributed by atoms with E-state index in [1.165, 1.54) is 12.8 Å². The van der Waals surface area contributed by atoms with Gasteiger partial charge in [-0.2, -0.15) is 0 Å². The molecule has 0 amide bonds. The van der Waals surface area contributed by atoms with Crippen molar-refractivity contribution in [3.8, 4) is 0 Å². The summed E-state index contributed by atoms with van der Waals surface area (Å²) in [6, 6.07) is 0.438. The van der Waals surface area contributed by atoms with Gasteiger partial charge in [-0.15, -0.1) is 0 Å². The fourth-order valence-corrected chi connectivity index (χ4v) is 1.55. The number of nitrogens with one attached hydrogen (secondary N) is 1. The molecule has 2 atom stereocenters. The van der Waals surface area contributed by atoms with E-state index in [-0.39, 0.29) is 6.10 Å². The summed E-state index contributed by atoms with van der Waals surface area (Å²) < 4.78 is 5.15. The molecule has 2 unspecified atom stereocenters. The number of aliphatic hydroxyl groups is 1. The van der Waals surface area contributed by atoms with Gasteiger partial charge in [-0.3, -0.25) is 0 Å². The van der Waals surface area contributed by atoms with Crippen LogP contribution in [-0.4, -0.2) is 37.5 Å². The van der Waals surface area contributed by atoms with Crippen LogP contribution in [0.3, 0.4) is 0 Å². The standard InChI is InChI=1S/C11H23NO2/c1-8(2)11(13)6-12-10(7-14-3)9-4-5-9/h8-13H,4-7H2,1-3H3. The summed E-state index contributed by atoms with van der Waals surface area (Å²) in [6.45, 7) is 5.52. The van der Waals surface area contributed by atoms with Gasteiger partial charge in [0.15, 0.2) is 0 Å². The minimum Gasteiger partial charge on any atom is -0.392 e. The zero-order chi connectivity index (χ0) is 10.6. The van der Waals surface area contributed by atoms with Crippen molar-refractivity contribution in [3.05, 3.63) is 0 Å². The van der Waals surface area contributed by atoms with Gasteiger partial charge >= 0.3 is 0 Å². The van der Waals surface area contributed by atoms with Crippen molar-refractivity contribution in [1.82, 2.24) is 5.32 Å². The van der Waals surface area contributed by atoms with Crippen molar-refractivity contribution in [3.63, 3.8) is 0 Å². The molecule has 0 spiro atoms. The topological polar surface area (TPSA) is 41.5 Å². The number of rotatable bonds is 7. The third-order valence-corrected chi connectivity index (χ3v) is 2.90. The molecule has 0 aromatic rings. The van der Waals surface area contributed by atoms with Crippen LogP contribution in [0.4, 0.5) is 0 Å². The predicted molar refractivity (Wildman–Crippen MR) is 57.2 cm³/mol. The lowest BCUT2D eigenvalue weighted by atomic mass is 10.1. The summed E-state index contributed by atoms with van der Waals surface area (Å²) >= 11 is 0. The third kappa shape index (κ3) is 3.95. The minimum absolute atomic E-state index is 0.242. The Labute approximate surface area is 86.8 Å². The first-order valence-electron chi connectivity index (χ1n) is 5.55. The van der Waals surface area contributed by atoms with E-state index >= 15 is 0 Å². The van der Waals surface area contributed by atoms with Gasteiger partial charge in [0.25, 0.3) is 0 Å². The molecule has 0 aromatic carbocycles. The van der Waals surface area contributed by atoms with Gasteiger partial charge in [-0.1, -0.05) is 13.8 Å². The lowest BCUT2D eigenvalue weighted by Crippen LogP contribution is -2.41. The quantitative estimate of drug-likeness (QED) is 0.646. The smallest absolute Gasteiger partial charge is 0.0687 e. The van der Waals surface area contributed by atoms with Gasteiger partial charge in [0.05, 0.1) is 12.7 Å². The van der Waals surface area contributed by atoms with E-state index in [1.54, 1.807) is 7.11 Å². The molecule has 2 N–H and O–H groups in total. The molecule has 1 rings (SSSR count). The zero-order valence-corrected chi connectivity index (χ0v) is 9.49. The number of hydrogen-bond donors (Lipinski definition) is 2. The lowest BCUT2D eigenvalue weighted by molar-refractivity contribution is 0.104. The van der Waals surface area contributed by atoms with Crippen molar-refractivity contribution in [2.75, 3.05) is 20.3 Å². The molecule has 3 heteroatoms. The van der Waals surface area contributed by atoms with Gasteiger partial charge in [0, 0.05) is 19.7 Å². The molecule has 0 aromatic heterocycles. The molecule has 3 nitrogen and oxygen atoms in total. The maximum absolute atomic E-state index is 9.64. The van der Waals surface area contributed by atoms with Gasteiger partial charge in [0.2, 0.25) is 0 Å². The fraction of sp³-hybridized carbons (Fsp3) is 1.00. The Bertz CT molecular complexity index is 157. The van der Waals surface area contributed by atoms with Crippen LogP contribution >= 0.6 is 0 Å². The second kappa shape index (κ2) is 5.69. The second-order valence-corrected chi connectivity index (χ2v) is 4.62. The third-order valence-electron chi connectivity index (χ3n) is 2.90. The Morgan fingerprint density at radius 3 is 2.50 bits per heavy atom. The maximum Gasteiger partial charge on any atom is 0.0687 e. The Morgan fingerprint density at radius 2 is 2.07 bits per heavy atom. The highest BCUT2D eigenvalue weighted by Gasteiger charge is 2.31. The van der Waals surface area contributed by atoms with E-state index in [2.05, 4.69) is 5.32 Å². The van der Waals surface area contributed by atoms with E-state index in [1.807, 2.05) is 13.8 Å². The average Bonchev–Trinajstić information content (AvgIpc) is 2.94. The van der Waals surface area contributed by atoms with E-state index in [4.69, 9.17) is 4.74 Å². The summed E-state index contributed by atoms with van der Waals surface area (Å²) in [5.41, 5.74) is 0. The normalized spacial score (nSPS) is 21.2. The molecule has 0 radical (unpaired) electrons. The van der Waals surface area contributed by atoms with Crippen LogP contribution in [0, 0.1) is 11.8 Å². The highest BCUT2D eigenvalue weighted by Crippen LogP contribution is 2.32. The average molecular weight is 201 g/mol. The lowest BCUT2D eigenvalue weighted by Gasteiger charge is -2.21. The summed E-state index contributed by atoms with van der Waals surface area (Å²) in [6.07, 6.45) is 2.37. The summed E-state index contributed by atoms with van der Waals surface area (Å²) in [4.78, 5) is 0. The highest BCUT2D eigenvalue weighted by molar-refractivity contribution is 4.86. The molecular formula is C11H23NO2. The molecular weight excluding hydrogens is 178 g/mol. The highest BCUT2D eigenvalue weighted by atomic mass is 16.5. The summed E-state index contributed by atoms with van der Waals surface area (Å²) in [5.74, 6) is 1.10. The van der Waals surface area contributed by atoms with Crippen molar-refractivity contribution < 1.29 is 9.84 Å². The number of aliphatic hydroxyl groups excluding tert-OH is 1. The first-order valence-corrected chi connectivity index (χ1v) is 5.55. The molecule has 1 aliphatic rings. The van der Waals surface area contributed by atoms with Gasteiger partial charge < -0.3 is 15.2 Å². The van der Waals surface area contributed by atoms with Gasteiger partial charge in [-0.05, 0) is 24.7 Å². The van der Waals surface area contributed by atoms with Gasteiger partial charge in [0.1, 0.15) is 0 Å². The van der Waals surface area contributed by atoms with Crippen LogP contribution in [0.15, 0.2) is 0 Å². The molecule has 1 aliphatic carbocycles. The van der Waals surface area contributed by atoms with Crippen LogP contribution in [0.25, 0.3) is 0 Å². The Hall–Kier alpha value is -0.120. The van der Waals surface area contributed by atoms with Crippen molar-refractivity contribution in [2.24, 2.45) is 11.8 Å². The van der Waals surface area contributed by atoms with E-state index in [9.17, 15) is 5.11 Å². The van der Waals surface area contributed by atoms with Crippen LogP contribution in [-0.2, 0) is 4.74 Å². The summed E-state index contributed by atoms with van der Waals surface area (Å²) in [5, 5.41) is 13.0. The molecule has 14 heavy (non-hydrogen) atoms. The molecule has 1 fully saturated rings. The molecule has 84 valence electrons. The van der Waals surface area contributed by atoms with Crippen LogP contribution in [0.2, 0.25) is 0 Å². The zero-order valence-electron chi connectivity index (χ0n) is 9.49. The predicted octanol–water partition coefficient (Wildman–Crippen LogP) is 1.02. The minimum atomic E-state index is -0.242. The first kappa shape index (κ1) is 12.0. The van der Waals surface area contributed by atoms with Crippen molar-refractivity contribution in [2.45, 2.75) is 38.8 Å². The molecule has 0 aliphatic heterocycles. The maximum atomic E-state index is 9.64. The van der Waals surface area contributed by atoms with E-state index < -0.39 is 0 Å². The Kier molecular flexibility index (Phi) is 4.85. The largest absolute Gasteiger partial charge is 0.392 e. The number of methoxy groups -OCH3 is 1. The second-order valence-electron chi connectivity index (χ2n) is 4.62.